The highest BCUT2D eigenvalue weighted by Crippen LogP contribution is 2.24. The topological polar surface area (TPSA) is 86.8 Å². The van der Waals surface area contributed by atoms with Gasteiger partial charge in [-0.1, -0.05) is 54.4 Å². The minimum atomic E-state index is -3.75. The van der Waals surface area contributed by atoms with Crippen molar-refractivity contribution in [3.63, 3.8) is 0 Å². The van der Waals surface area contributed by atoms with Gasteiger partial charge in [0.05, 0.1) is 22.0 Å². The van der Waals surface area contributed by atoms with Crippen LogP contribution in [0.25, 0.3) is 0 Å². The van der Waals surface area contributed by atoms with Crippen LogP contribution in [0.1, 0.15) is 25.8 Å². The van der Waals surface area contributed by atoms with Gasteiger partial charge in [0.2, 0.25) is 21.8 Å². The number of rotatable bonds is 10. The summed E-state index contributed by atoms with van der Waals surface area (Å²) < 4.78 is 25.9. The van der Waals surface area contributed by atoms with Crippen LogP contribution in [0.2, 0.25) is 10.0 Å². The molecule has 10 heteroatoms. The lowest BCUT2D eigenvalue weighted by Gasteiger charge is -2.32. The van der Waals surface area contributed by atoms with Gasteiger partial charge in [0, 0.05) is 13.1 Å². The van der Waals surface area contributed by atoms with E-state index >= 15 is 0 Å². The molecule has 0 fully saturated rings. The van der Waals surface area contributed by atoms with Crippen molar-refractivity contribution in [3.8, 4) is 0 Å². The Morgan fingerprint density at radius 3 is 2.22 bits per heavy atom. The number of carbonyl (C=O) groups excluding carboxylic acids is 2. The maximum absolute atomic E-state index is 13.4. The standard InChI is InChI=1S/C22H27Cl2N3O4S/c1-4-20(22(29)25-5-2)26(14-16-11-12-18(23)19(24)13-16)21(28)15-27(32(3,30)31)17-9-7-6-8-10-17/h6-13,20H,4-5,14-15H2,1-3H3,(H,25,29)/t20-/m1/s1. The number of benzene rings is 2. The number of hydrogen-bond acceptors (Lipinski definition) is 4. The first-order chi connectivity index (χ1) is 15.1. The molecule has 174 valence electrons. The van der Waals surface area contributed by atoms with Gasteiger partial charge in [0.25, 0.3) is 0 Å². The summed E-state index contributed by atoms with van der Waals surface area (Å²) in [5.74, 6) is -0.822. The van der Waals surface area contributed by atoms with Gasteiger partial charge in [-0.15, -0.1) is 0 Å². The van der Waals surface area contributed by atoms with E-state index in [1.165, 1.54) is 4.90 Å². The summed E-state index contributed by atoms with van der Waals surface area (Å²) in [4.78, 5) is 27.5. The van der Waals surface area contributed by atoms with Crippen molar-refractivity contribution in [2.24, 2.45) is 0 Å². The highest BCUT2D eigenvalue weighted by atomic mass is 35.5. The van der Waals surface area contributed by atoms with Gasteiger partial charge < -0.3 is 10.2 Å². The third kappa shape index (κ3) is 6.85. The van der Waals surface area contributed by atoms with E-state index in [-0.39, 0.29) is 12.5 Å². The molecule has 1 atom stereocenters. The van der Waals surface area contributed by atoms with E-state index in [9.17, 15) is 18.0 Å². The second-order valence-electron chi connectivity index (χ2n) is 7.19. The van der Waals surface area contributed by atoms with Crippen molar-refractivity contribution >= 4 is 50.7 Å². The molecule has 2 rings (SSSR count). The summed E-state index contributed by atoms with van der Waals surface area (Å²) in [7, 11) is -3.75. The van der Waals surface area contributed by atoms with Gasteiger partial charge in [-0.3, -0.25) is 13.9 Å². The van der Waals surface area contributed by atoms with Crippen LogP contribution in [0.4, 0.5) is 5.69 Å². The quantitative estimate of drug-likeness (QED) is 0.539. The molecule has 0 saturated heterocycles. The van der Waals surface area contributed by atoms with Crippen LogP contribution in [-0.2, 0) is 26.2 Å². The summed E-state index contributed by atoms with van der Waals surface area (Å²) in [5.41, 5.74) is 1.03. The summed E-state index contributed by atoms with van der Waals surface area (Å²) in [5, 5.41) is 3.44. The minimum Gasteiger partial charge on any atom is -0.355 e. The zero-order valence-electron chi connectivity index (χ0n) is 18.2. The number of halogens is 2. The van der Waals surface area contributed by atoms with Crippen LogP contribution in [0.5, 0.6) is 0 Å². The largest absolute Gasteiger partial charge is 0.355 e. The first-order valence-corrected chi connectivity index (χ1v) is 12.7. The van der Waals surface area contributed by atoms with Crippen LogP contribution in [0.3, 0.4) is 0 Å². The number of anilines is 1. The summed E-state index contributed by atoms with van der Waals surface area (Å²) >= 11 is 12.1. The van der Waals surface area contributed by atoms with E-state index in [4.69, 9.17) is 23.2 Å². The van der Waals surface area contributed by atoms with E-state index in [1.54, 1.807) is 62.4 Å². The Kier molecular flexibility index (Phi) is 9.36. The molecular weight excluding hydrogens is 473 g/mol. The molecule has 0 heterocycles. The fraction of sp³-hybridized carbons (Fsp3) is 0.364. The van der Waals surface area contributed by atoms with Crippen molar-refractivity contribution in [2.75, 3.05) is 23.7 Å². The van der Waals surface area contributed by atoms with Crippen LogP contribution < -0.4 is 9.62 Å². The highest BCUT2D eigenvalue weighted by Gasteiger charge is 2.31. The smallest absolute Gasteiger partial charge is 0.244 e. The maximum Gasteiger partial charge on any atom is 0.244 e. The van der Waals surface area contributed by atoms with Crippen LogP contribution in [0.15, 0.2) is 48.5 Å². The minimum absolute atomic E-state index is 0.0672. The molecule has 0 spiro atoms. The molecule has 7 nitrogen and oxygen atoms in total. The SMILES string of the molecule is CCNC(=O)[C@@H](CC)N(Cc1ccc(Cl)c(Cl)c1)C(=O)CN(c1ccccc1)S(C)(=O)=O. The van der Waals surface area contributed by atoms with E-state index in [2.05, 4.69) is 5.32 Å². The zero-order chi connectivity index (χ0) is 23.9. The Bertz CT molecular complexity index is 1050. The van der Waals surface area contributed by atoms with Gasteiger partial charge in [0.1, 0.15) is 12.6 Å². The number of nitrogens with zero attached hydrogens (tertiary/aromatic N) is 2. The molecule has 0 aliphatic heterocycles. The van der Waals surface area contributed by atoms with Crippen molar-refractivity contribution < 1.29 is 18.0 Å². The first kappa shape index (κ1) is 26.0. The molecule has 32 heavy (non-hydrogen) atoms. The molecule has 0 unspecified atom stereocenters. The molecular formula is C22H27Cl2N3O4S. The van der Waals surface area contributed by atoms with Gasteiger partial charge in [-0.05, 0) is 43.2 Å². The molecule has 0 radical (unpaired) electrons. The molecule has 0 bridgehead atoms. The second kappa shape index (κ2) is 11.5. The number of hydrogen-bond donors (Lipinski definition) is 1. The fourth-order valence-electron chi connectivity index (χ4n) is 3.25. The lowest BCUT2D eigenvalue weighted by molar-refractivity contribution is -0.140. The normalized spacial score (nSPS) is 12.2. The first-order valence-electron chi connectivity index (χ1n) is 10.1. The predicted octanol–water partition coefficient (Wildman–Crippen LogP) is 3.70. The third-order valence-corrected chi connectivity index (χ3v) is 6.68. The van der Waals surface area contributed by atoms with E-state index in [0.29, 0.717) is 34.3 Å². The van der Waals surface area contributed by atoms with Gasteiger partial charge >= 0.3 is 0 Å². The van der Waals surface area contributed by atoms with E-state index < -0.39 is 28.5 Å². The average Bonchev–Trinajstić information content (AvgIpc) is 2.74. The van der Waals surface area contributed by atoms with Crippen LogP contribution >= 0.6 is 23.2 Å². The Morgan fingerprint density at radius 2 is 1.69 bits per heavy atom. The summed E-state index contributed by atoms with van der Waals surface area (Å²) in [6.07, 6.45) is 1.39. The monoisotopic (exact) mass is 499 g/mol. The Labute approximate surface area is 199 Å². The maximum atomic E-state index is 13.4. The van der Waals surface area contributed by atoms with E-state index in [0.717, 1.165) is 10.6 Å². The number of para-hydroxylation sites is 1. The Morgan fingerprint density at radius 1 is 1.03 bits per heavy atom. The van der Waals surface area contributed by atoms with Gasteiger partial charge in [-0.25, -0.2) is 8.42 Å². The number of carbonyl (C=O) groups is 2. The van der Waals surface area contributed by atoms with Crippen molar-refractivity contribution in [2.45, 2.75) is 32.9 Å². The number of sulfonamides is 1. The Balaban J connectivity index is 2.42. The van der Waals surface area contributed by atoms with Crippen LogP contribution in [0, 0.1) is 0 Å². The lowest BCUT2D eigenvalue weighted by Crippen LogP contribution is -2.52. The molecule has 0 aliphatic rings. The zero-order valence-corrected chi connectivity index (χ0v) is 20.5. The average molecular weight is 500 g/mol. The van der Waals surface area contributed by atoms with Crippen molar-refractivity contribution in [1.29, 1.82) is 0 Å². The lowest BCUT2D eigenvalue weighted by atomic mass is 10.1. The summed E-state index contributed by atoms with van der Waals surface area (Å²) in [6.45, 7) is 3.61. The second-order valence-corrected chi connectivity index (χ2v) is 9.92. The molecule has 1 N–H and O–H groups in total. The van der Waals surface area contributed by atoms with Crippen LogP contribution in [-0.4, -0.2) is 50.5 Å². The molecule has 2 amide bonds. The highest BCUT2D eigenvalue weighted by molar-refractivity contribution is 7.92. The van der Waals surface area contributed by atoms with Gasteiger partial charge in [-0.2, -0.15) is 0 Å². The number of likely N-dealkylation sites (N-methyl/N-ethyl adjacent to an activating group) is 1. The van der Waals surface area contributed by atoms with Crippen molar-refractivity contribution in [3.05, 3.63) is 64.1 Å². The molecule has 0 aromatic heterocycles. The van der Waals surface area contributed by atoms with E-state index in [1.807, 2.05) is 0 Å². The molecule has 2 aromatic carbocycles. The summed E-state index contributed by atoms with van der Waals surface area (Å²) in [6, 6.07) is 12.5. The number of amides is 2. The van der Waals surface area contributed by atoms with Crippen molar-refractivity contribution in [1.82, 2.24) is 10.2 Å². The molecule has 2 aromatic rings. The third-order valence-electron chi connectivity index (χ3n) is 4.80. The molecule has 0 saturated carbocycles. The predicted molar refractivity (Wildman–Crippen MR) is 128 cm³/mol. The molecule has 0 aliphatic carbocycles. The number of nitrogens with one attached hydrogen (secondary N) is 1. The van der Waals surface area contributed by atoms with Gasteiger partial charge in [0.15, 0.2) is 0 Å². The fourth-order valence-corrected chi connectivity index (χ4v) is 4.42. The Hall–Kier alpha value is -2.29.